The summed E-state index contributed by atoms with van der Waals surface area (Å²) in [6.45, 7) is 1.96. The summed E-state index contributed by atoms with van der Waals surface area (Å²) in [5.74, 6) is -0.459. The molecule has 2 atom stereocenters. The molecule has 3 heteroatoms. The van der Waals surface area contributed by atoms with Crippen LogP contribution in [0.15, 0.2) is 0 Å². The van der Waals surface area contributed by atoms with E-state index < -0.39 is 5.79 Å². The van der Waals surface area contributed by atoms with Crippen LogP contribution in [0.3, 0.4) is 0 Å². The first kappa shape index (κ1) is 14.8. The second kappa shape index (κ2) is 7.26. The van der Waals surface area contributed by atoms with Crippen molar-refractivity contribution in [2.75, 3.05) is 0 Å². The Kier molecular flexibility index (Phi) is 5.66. The van der Waals surface area contributed by atoms with E-state index in [9.17, 15) is 0 Å². The van der Waals surface area contributed by atoms with Gasteiger partial charge in [-0.25, -0.2) is 0 Å². The molecule has 0 amide bonds. The third-order valence-corrected chi connectivity index (χ3v) is 4.41. The van der Waals surface area contributed by atoms with Gasteiger partial charge in [0.25, 0.3) is 0 Å². The average Bonchev–Trinajstić information content (AvgIpc) is 2.71. The predicted molar refractivity (Wildman–Crippen MR) is 74.6 cm³/mol. The van der Waals surface area contributed by atoms with Crippen LogP contribution in [0.25, 0.3) is 0 Å². The van der Waals surface area contributed by atoms with Gasteiger partial charge in [0.15, 0.2) is 11.9 Å². The first-order valence-electron chi connectivity index (χ1n) is 8.01. The van der Waals surface area contributed by atoms with Crippen molar-refractivity contribution in [3.63, 3.8) is 0 Å². The van der Waals surface area contributed by atoms with Gasteiger partial charge in [0.05, 0.1) is 12.2 Å². The van der Waals surface area contributed by atoms with Crippen LogP contribution in [0, 0.1) is 11.3 Å². The zero-order chi connectivity index (χ0) is 13.6. The first-order valence-corrected chi connectivity index (χ1v) is 8.01. The summed E-state index contributed by atoms with van der Waals surface area (Å²) in [4.78, 5) is 0. The van der Waals surface area contributed by atoms with Gasteiger partial charge >= 0.3 is 0 Å². The van der Waals surface area contributed by atoms with Crippen LogP contribution in [0.4, 0.5) is 0 Å². The summed E-state index contributed by atoms with van der Waals surface area (Å²) in [5.41, 5.74) is 0. The van der Waals surface area contributed by atoms with Crippen molar-refractivity contribution >= 4 is 0 Å². The smallest absolute Gasteiger partial charge is 0.173 e. The fourth-order valence-corrected chi connectivity index (χ4v) is 3.27. The lowest BCUT2D eigenvalue weighted by molar-refractivity contribution is -0.182. The normalized spacial score (nSPS) is 33.3. The quantitative estimate of drug-likeness (QED) is 0.655. The standard InChI is InChI=1S/C16H27NO2/c1-14-15(13-17)19-16(18-14)11-9-7-5-3-2-4-6-8-10-12-16/h14-15H,2-12H2,1H3. The number of nitriles is 1. The molecule has 3 nitrogen and oxygen atoms in total. The molecule has 0 bridgehead atoms. The Morgan fingerprint density at radius 1 is 0.842 bits per heavy atom. The van der Waals surface area contributed by atoms with Crippen LogP contribution in [-0.2, 0) is 9.47 Å². The maximum absolute atomic E-state index is 9.10. The molecule has 0 radical (unpaired) electrons. The van der Waals surface area contributed by atoms with Crippen LogP contribution >= 0.6 is 0 Å². The lowest BCUT2D eigenvalue weighted by atomic mass is 9.97. The van der Waals surface area contributed by atoms with Gasteiger partial charge in [-0.2, -0.15) is 5.26 Å². The van der Waals surface area contributed by atoms with Crippen molar-refractivity contribution < 1.29 is 9.47 Å². The highest BCUT2D eigenvalue weighted by molar-refractivity contribution is 4.96. The summed E-state index contributed by atoms with van der Waals surface area (Å²) >= 11 is 0. The number of rotatable bonds is 0. The molecule has 0 aromatic carbocycles. The first-order chi connectivity index (χ1) is 9.26. The van der Waals surface area contributed by atoms with Crippen molar-refractivity contribution in [2.45, 2.75) is 95.5 Å². The topological polar surface area (TPSA) is 42.2 Å². The second-order valence-electron chi connectivity index (χ2n) is 6.08. The largest absolute Gasteiger partial charge is 0.343 e. The third-order valence-electron chi connectivity index (χ3n) is 4.41. The van der Waals surface area contributed by atoms with E-state index >= 15 is 0 Å². The molecule has 2 aliphatic rings. The van der Waals surface area contributed by atoms with E-state index in [2.05, 4.69) is 6.07 Å². The Balaban J connectivity index is 1.93. The van der Waals surface area contributed by atoms with Gasteiger partial charge < -0.3 is 9.47 Å². The second-order valence-corrected chi connectivity index (χ2v) is 6.08. The molecule has 108 valence electrons. The molecule has 0 N–H and O–H groups in total. The minimum Gasteiger partial charge on any atom is -0.343 e. The van der Waals surface area contributed by atoms with Crippen LogP contribution < -0.4 is 0 Å². The highest BCUT2D eigenvalue weighted by Crippen LogP contribution is 2.37. The molecule has 1 spiro atoms. The van der Waals surface area contributed by atoms with Gasteiger partial charge in [0.2, 0.25) is 0 Å². The summed E-state index contributed by atoms with van der Waals surface area (Å²) in [6, 6.07) is 2.22. The van der Waals surface area contributed by atoms with Crippen molar-refractivity contribution in [3.8, 4) is 6.07 Å². The molecule has 2 unspecified atom stereocenters. The van der Waals surface area contributed by atoms with Crippen LogP contribution in [0.1, 0.15) is 77.6 Å². The van der Waals surface area contributed by atoms with Crippen molar-refractivity contribution in [1.29, 1.82) is 5.26 Å². The highest BCUT2D eigenvalue weighted by Gasteiger charge is 2.44. The monoisotopic (exact) mass is 265 g/mol. The highest BCUT2D eigenvalue weighted by atomic mass is 16.8. The minimum atomic E-state index is -0.459. The summed E-state index contributed by atoms with van der Waals surface area (Å²) in [5, 5.41) is 9.10. The van der Waals surface area contributed by atoms with Gasteiger partial charge in [-0.05, 0) is 19.8 Å². The Hall–Kier alpha value is -0.590. The Morgan fingerprint density at radius 2 is 1.32 bits per heavy atom. The van der Waals surface area contributed by atoms with Gasteiger partial charge in [0.1, 0.15) is 0 Å². The average molecular weight is 265 g/mol. The van der Waals surface area contributed by atoms with Crippen LogP contribution in [0.2, 0.25) is 0 Å². The summed E-state index contributed by atoms with van der Waals surface area (Å²) in [7, 11) is 0. The van der Waals surface area contributed by atoms with E-state index in [1.807, 2.05) is 6.92 Å². The molecule has 0 aromatic rings. The maximum atomic E-state index is 9.10. The number of hydrogen-bond acceptors (Lipinski definition) is 3. The van der Waals surface area contributed by atoms with Gasteiger partial charge in [-0.15, -0.1) is 0 Å². The van der Waals surface area contributed by atoms with Crippen molar-refractivity contribution in [1.82, 2.24) is 0 Å². The number of ether oxygens (including phenoxy) is 2. The van der Waals surface area contributed by atoms with Crippen LogP contribution in [-0.4, -0.2) is 18.0 Å². The predicted octanol–water partition coefficient (Wildman–Crippen LogP) is 4.31. The zero-order valence-corrected chi connectivity index (χ0v) is 12.2. The lowest BCUT2D eigenvalue weighted by Gasteiger charge is -2.28. The fourth-order valence-electron chi connectivity index (χ4n) is 3.27. The van der Waals surface area contributed by atoms with Crippen LogP contribution in [0.5, 0.6) is 0 Å². The Bertz CT molecular complexity index is 298. The molecule has 1 saturated carbocycles. The molecule has 1 aliphatic heterocycles. The number of hydrogen-bond donors (Lipinski definition) is 0. The lowest BCUT2D eigenvalue weighted by Crippen LogP contribution is -2.31. The summed E-state index contributed by atoms with van der Waals surface area (Å²) in [6.07, 6.45) is 13.1. The fraction of sp³-hybridized carbons (Fsp3) is 0.938. The molecular formula is C16H27NO2. The van der Waals surface area contributed by atoms with Crippen molar-refractivity contribution in [2.24, 2.45) is 0 Å². The summed E-state index contributed by atoms with van der Waals surface area (Å²) < 4.78 is 12.0. The van der Waals surface area contributed by atoms with E-state index in [0.29, 0.717) is 0 Å². The Morgan fingerprint density at radius 3 is 1.74 bits per heavy atom. The maximum Gasteiger partial charge on any atom is 0.173 e. The van der Waals surface area contributed by atoms with Gasteiger partial charge in [-0.1, -0.05) is 44.9 Å². The molecule has 1 saturated heterocycles. The molecule has 2 fully saturated rings. The minimum absolute atomic E-state index is 0.0853. The van der Waals surface area contributed by atoms with E-state index in [4.69, 9.17) is 14.7 Å². The van der Waals surface area contributed by atoms with E-state index in [1.54, 1.807) is 0 Å². The van der Waals surface area contributed by atoms with Gasteiger partial charge in [0, 0.05) is 12.8 Å². The van der Waals surface area contributed by atoms with E-state index in [1.165, 1.54) is 44.9 Å². The molecule has 1 heterocycles. The number of nitrogens with zero attached hydrogens (tertiary/aromatic N) is 1. The molecule has 1 aliphatic carbocycles. The Labute approximate surface area is 117 Å². The molecule has 19 heavy (non-hydrogen) atoms. The third kappa shape index (κ3) is 4.19. The zero-order valence-electron chi connectivity index (χ0n) is 12.2. The van der Waals surface area contributed by atoms with Gasteiger partial charge in [-0.3, -0.25) is 0 Å². The van der Waals surface area contributed by atoms with Crippen molar-refractivity contribution in [3.05, 3.63) is 0 Å². The molecule has 0 aromatic heterocycles. The van der Waals surface area contributed by atoms with E-state index in [0.717, 1.165) is 25.7 Å². The van der Waals surface area contributed by atoms with E-state index in [-0.39, 0.29) is 12.2 Å². The SMILES string of the molecule is CC1OC2(CCCCCCCCCCC2)OC1C#N. The molecular weight excluding hydrogens is 238 g/mol. The molecule has 2 rings (SSSR count).